The predicted octanol–water partition coefficient (Wildman–Crippen LogP) is 3.72. The zero-order chi connectivity index (χ0) is 17.1. The molecule has 1 aromatic heterocycles. The number of carbonyl (C=O) groups excluding carboxylic acids is 2. The Labute approximate surface area is 139 Å². The molecule has 5 nitrogen and oxygen atoms in total. The molecular weight excluding hydrogens is 304 g/mol. The van der Waals surface area contributed by atoms with Crippen molar-refractivity contribution in [1.82, 2.24) is 4.98 Å². The molecule has 0 saturated heterocycles. The van der Waals surface area contributed by atoms with E-state index in [1.807, 2.05) is 24.3 Å². The van der Waals surface area contributed by atoms with Gasteiger partial charge in [0.2, 0.25) is 0 Å². The third kappa shape index (κ3) is 3.10. The Kier molecular flexibility index (Phi) is 4.24. The fourth-order valence-corrected chi connectivity index (χ4v) is 2.56. The van der Waals surface area contributed by atoms with Crippen molar-refractivity contribution in [3.8, 4) is 5.75 Å². The number of amides is 1. The molecule has 0 saturated carbocycles. The minimum absolute atomic E-state index is 0.244. The van der Waals surface area contributed by atoms with E-state index in [-0.39, 0.29) is 11.7 Å². The average Bonchev–Trinajstić information content (AvgIpc) is 2.54. The highest BCUT2D eigenvalue weighted by atomic mass is 16.5. The second-order valence-electron chi connectivity index (χ2n) is 5.38. The lowest BCUT2D eigenvalue weighted by atomic mass is 10.1. The van der Waals surface area contributed by atoms with Crippen LogP contribution in [0.2, 0.25) is 0 Å². The molecule has 0 aliphatic carbocycles. The first-order valence-corrected chi connectivity index (χ1v) is 7.49. The van der Waals surface area contributed by atoms with Gasteiger partial charge in [0.05, 0.1) is 16.8 Å². The number of benzene rings is 2. The number of rotatable bonds is 3. The Balaban J connectivity index is 1.99. The quantitative estimate of drug-likeness (QED) is 0.590. The minimum atomic E-state index is -0.471. The summed E-state index contributed by atoms with van der Waals surface area (Å²) in [6, 6.07) is 14.5. The molecule has 0 fully saturated rings. The molecule has 3 rings (SSSR count). The van der Waals surface area contributed by atoms with Crippen LogP contribution in [0.3, 0.4) is 0 Å². The number of ether oxygens (including phenoxy) is 1. The Morgan fingerprint density at radius 3 is 2.58 bits per heavy atom. The van der Waals surface area contributed by atoms with E-state index in [4.69, 9.17) is 4.74 Å². The van der Waals surface area contributed by atoms with Crippen molar-refractivity contribution in [3.63, 3.8) is 0 Å². The number of hydrogen-bond acceptors (Lipinski definition) is 4. The monoisotopic (exact) mass is 320 g/mol. The van der Waals surface area contributed by atoms with Crippen molar-refractivity contribution in [2.24, 2.45) is 0 Å². The largest absolute Gasteiger partial charge is 0.426 e. The van der Waals surface area contributed by atoms with Gasteiger partial charge in [0.15, 0.2) is 0 Å². The third-order valence-electron chi connectivity index (χ3n) is 3.60. The summed E-state index contributed by atoms with van der Waals surface area (Å²) < 4.78 is 5.16. The molecule has 0 aliphatic rings. The van der Waals surface area contributed by atoms with Crippen molar-refractivity contribution in [1.29, 1.82) is 0 Å². The summed E-state index contributed by atoms with van der Waals surface area (Å²) in [6.07, 6.45) is 1.68. The smallest absolute Gasteiger partial charge is 0.308 e. The Morgan fingerprint density at radius 1 is 1.04 bits per heavy atom. The summed E-state index contributed by atoms with van der Waals surface area (Å²) >= 11 is 0. The zero-order valence-corrected chi connectivity index (χ0v) is 13.4. The number of anilines is 1. The summed E-state index contributed by atoms with van der Waals surface area (Å²) in [5, 5.41) is 3.79. The van der Waals surface area contributed by atoms with Crippen molar-refractivity contribution < 1.29 is 14.3 Å². The summed E-state index contributed by atoms with van der Waals surface area (Å²) in [5.41, 5.74) is 2.37. The number of fused-ring (bicyclic) bond motifs is 1. The number of aryl methyl sites for hydroxylation is 1. The third-order valence-corrected chi connectivity index (χ3v) is 3.60. The summed E-state index contributed by atoms with van der Waals surface area (Å²) in [4.78, 5) is 28.3. The van der Waals surface area contributed by atoms with Crippen LogP contribution in [0.1, 0.15) is 22.8 Å². The highest BCUT2D eigenvalue weighted by Crippen LogP contribution is 2.26. The van der Waals surface area contributed by atoms with E-state index in [1.165, 1.54) is 6.92 Å². The number of para-hydroxylation sites is 1. The standard InChI is InChI=1S/C19H16N2O3/c1-12-6-3-10-16(24-13(2)22)17(12)19(23)21-15-9-4-7-14-8-5-11-20-18(14)15/h3-11H,1-2H3,(H,21,23). The van der Waals surface area contributed by atoms with Crippen LogP contribution < -0.4 is 10.1 Å². The molecule has 24 heavy (non-hydrogen) atoms. The van der Waals surface area contributed by atoms with Gasteiger partial charge < -0.3 is 10.1 Å². The van der Waals surface area contributed by atoms with Gasteiger partial charge in [-0.2, -0.15) is 0 Å². The average molecular weight is 320 g/mol. The second kappa shape index (κ2) is 6.50. The van der Waals surface area contributed by atoms with Crippen LogP contribution in [0.25, 0.3) is 10.9 Å². The maximum absolute atomic E-state index is 12.8. The van der Waals surface area contributed by atoms with Crippen molar-refractivity contribution in [3.05, 3.63) is 65.9 Å². The number of hydrogen-bond donors (Lipinski definition) is 1. The zero-order valence-electron chi connectivity index (χ0n) is 13.4. The number of aromatic nitrogens is 1. The summed E-state index contributed by atoms with van der Waals surface area (Å²) in [6.45, 7) is 3.10. The van der Waals surface area contributed by atoms with Gasteiger partial charge >= 0.3 is 5.97 Å². The van der Waals surface area contributed by atoms with Crippen LogP contribution >= 0.6 is 0 Å². The summed E-state index contributed by atoms with van der Waals surface area (Å²) in [5.74, 6) is -0.572. The molecule has 1 N–H and O–H groups in total. The van der Waals surface area contributed by atoms with Crippen molar-refractivity contribution in [2.45, 2.75) is 13.8 Å². The molecule has 0 aliphatic heterocycles. The molecule has 0 radical (unpaired) electrons. The van der Waals surface area contributed by atoms with Gasteiger partial charge in [-0.05, 0) is 30.7 Å². The number of nitrogens with one attached hydrogen (secondary N) is 1. The van der Waals surface area contributed by atoms with Crippen molar-refractivity contribution in [2.75, 3.05) is 5.32 Å². The fraction of sp³-hybridized carbons (Fsp3) is 0.105. The van der Waals surface area contributed by atoms with E-state index in [0.29, 0.717) is 16.8 Å². The maximum Gasteiger partial charge on any atom is 0.308 e. The van der Waals surface area contributed by atoms with Crippen LogP contribution in [-0.2, 0) is 4.79 Å². The van der Waals surface area contributed by atoms with E-state index in [2.05, 4.69) is 10.3 Å². The van der Waals surface area contributed by atoms with Gasteiger partial charge in [0, 0.05) is 18.5 Å². The van der Waals surface area contributed by atoms with Gasteiger partial charge in [-0.25, -0.2) is 0 Å². The van der Waals surface area contributed by atoms with Gasteiger partial charge in [0.1, 0.15) is 5.75 Å². The molecule has 1 heterocycles. The summed E-state index contributed by atoms with van der Waals surface area (Å²) in [7, 11) is 0. The molecule has 120 valence electrons. The lowest BCUT2D eigenvalue weighted by molar-refractivity contribution is -0.131. The number of pyridine rings is 1. The van der Waals surface area contributed by atoms with E-state index in [9.17, 15) is 9.59 Å². The molecule has 0 spiro atoms. The van der Waals surface area contributed by atoms with Crippen LogP contribution in [0, 0.1) is 6.92 Å². The predicted molar refractivity (Wildman–Crippen MR) is 92.2 cm³/mol. The van der Waals surface area contributed by atoms with Crippen LogP contribution in [0.4, 0.5) is 5.69 Å². The molecule has 2 aromatic carbocycles. The van der Waals surface area contributed by atoms with Gasteiger partial charge in [-0.3, -0.25) is 14.6 Å². The first-order chi connectivity index (χ1) is 11.6. The SMILES string of the molecule is CC(=O)Oc1cccc(C)c1C(=O)Nc1cccc2cccnc12. The minimum Gasteiger partial charge on any atom is -0.426 e. The first-order valence-electron chi connectivity index (χ1n) is 7.49. The number of esters is 1. The first kappa shape index (κ1) is 15.7. The Morgan fingerprint density at radius 2 is 1.79 bits per heavy atom. The molecule has 3 aromatic rings. The van der Waals surface area contributed by atoms with E-state index in [0.717, 1.165) is 10.9 Å². The lowest BCUT2D eigenvalue weighted by Crippen LogP contribution is -2.16. The topological polar surface area (TPSA) is 68.3 Å². The second-order valence-corrected chi connectivity index (χ2v) is 5.38. The fourth-order valence-electron chi connectivity index (χ4n) is 2.56. The maximum atomic E-state index is 12.8. The van der Waals surface area contributed by atoms with Gasteiger partial charge in [-0.15, -0.1) is 0 Å². The number of nitrogens with zero attached hydrogens (tertiary/aromatic N) is 1. The Bertz CT molecular complexity index is 930. The molecule has 0 atom stereocenters. The molecule has 0 unspecified atom stereocenters. The normalized spacial score (nSPS) is 10.4. The van der Waals surface area contributed by atoms with Crippen molar-refractivity contribution >= 4 is 28.5 Å². The molecule has 5 heteroatoms. The highest BCUT2D eigenvalue weighted by molar-refractivity contribution is 6.10. The van der Waals surface area contributed by atoms with E-state index < -0.39 is 5.97 Å². The lowest BCUT2D eigenvalue weighted by Gasteiger charge is -2.13. The highest BCUT2D eigenvalue weighted by Gasteiger charge is 2.18. The molecule has 0 bridgehead atoms. The van der Waals surface area contributed by atoms with Gasteiger partial charge in [-0.1, -0.05) is 30.3 Å². The number of carbonyl (C=O) groups is 2. The van der Waals surface area contributed by atoms with Crippen LogP contribution in [0.15, 0.2) is 54.7 Å². The molecule has 1 amide bonds. The van der Waals surface area contributed by atoms with E-state index >= 15 is 0 Å². The van der Waals surface area contributed by atoms with Gasteiger partial charge in [0.25, 0.3) is 5.91 Å². The molecular formula is C19H16N2O3. The van der Waals surface area contributed by atoms with Crippen LogP contribution in [-0.4, -0.2) is 16.9 Å². The van der Waals surface area contributed by atoms with Crippen LogP contribution in [0.5, 0.6) is 5.75 Å². The van der Waals surface area contributed by atoms with E-state index in [1.54, 1.807) is 37.4 Å². The Hall–Kier alpha value is -3.21.